The lowest BCUT2D eigenvalue weighted by molar-refractivity contribution is -0.137. The van der Waals surface area contributed by atoms with Gasteiger partial charge in [0.15, 0.2) is 5.13 Å². The first-order chi connectivity index (χ1) is 18.6. The highest BCUT2D eigenvalue weighted by molar-refractivity contribution is 7.22. The van der Waals surface area contributed by atoms with Crippen LogP contribution in [-0.4, -0.2) is 47.1 Å². The Balaban J connectivity index is 1.09. The van der Waals surface area contributed by atoms with E-state index in [0.29, 0.717) is 6.61 Å². The number of carboxylic acid groups (broad SMARTS) is 1. The Morgan fingerprint density at radius 2 is 1.71 bits per heavy atom. The van der Waals surface area contributed by atoms with Gasteiger partial charge in [-0.2, -0.15) is 0 Å². The van der Waals surface area contributed by atoms with E-state index in [-0.39, 0.29) is 12.3 Å². The number of thiazole rings is 1. The SMILES string of the molecule is CC=CC(CC(=O)O)c1ccc(OCc2ccc(CN3CCN(c4nc5ccccc5s4)CC3)cc2)cc1. The highest BCUT2D eigenvalue weighted by Crippen LogP contribution is 2.29. The Hall–Kier alpha value is -3.68. The lowest BCUT2D eigenvalue weighted by Gasteiger charge is -2.34. The van der Waals surface area contributed by atoms with Gasteiger partial charge in [-0.3, -0.25) is 9.69 Å². The lowest BCUT2D eigenvalue weighted by Crippen LogP contribution is -2.45. The third-order valence-electron chi connectivity index (χ3n) is 6.89. The number of para-hydroxylation sites is 1. The van der Waals surface area contributed by atoms with Gasteiger partial charge < -0.3 is 14.7 Å². The monoisotopic (exact) mass is 527 g/mol. The van der Waals surface area contributed by atoms with Crippen molar-refractivity contribution in [2.45, 2.75) is 32.4 Å². The minimum atomic E-state index is -0.802. The number of carboxylic acids is 1. The highest BCUT2D eigenvalue weighted by atomic mass is 32.1. The van der Waals surface area contributed by atoms with Crippen LogP contribution in [0.15, 0.2) is 84.9 Å². The number of hydrogen-bond acceptors (Lipinski definition) is 6. The van der Waals surface area contributed by atoms with Crippen molar-refractivity contribution in [3.05, 3.63) is 102 Å². The first kappa shape index (κ1) is 25.9. The van der Waals surface area contributed by atoms with E-state index in [1.165, 1.54) is 10.3 Å². The molecule has 196 valence electrons. The number of nitrogens with zero attached hydrogens (tertiary/aromatic N) is 3. The summed E-state index contributed by atoms with van der Waals surface area (Å²) in [6.45, 7) is 7.39. The summed E-state index contributed by atoms with van der Waals surface area (Å²) in [7, 11) is 0. The number of anilines is 1. The van der Waals surface area contributed by atoms with Crippen molar-refractivity contribution in [3.8, 4) is 5.75 Å². The fraction of sp³-hybridized carbons (Fsp3) is 0.290. The summed E-state index contributed by atoms with van der Waals surface area (Å²) < 4.78 is 7.23. The van der Waals surface area contributed by atoms with Crippen LogP contribution in [-0.2, 0) is 17.9 Å². The molecule has 38 heavy (non-hydrogen) atoms. The molecule has 3 aromatic carbocycles. The molecule has 1 atom stereocenters. The molecule has 1 fully saturated rings. The van der Waals surface area contributed by atoms with Gasteiger partial charge in [0, 0.05) is 38.6 Å². The Labute approximate surface area is 227 Å². The topological polar surface area (TPSA) is 65.9 Å². The van der Waals surface area contributed by atoms with Gasteiger partial charge in [0.25, 0.3) is 0 Å². The van der Waals surface area contributed by atoms with Crippen LogP contribution in [0.2, 0.25) is 0 Å². The maximum absolute atomic E-state index is 11.1. The standard InChI is InChI=1S/C31H33N3O3S/c1-2-5-26(20-30(35)36)25-12-14-27(15-13-25)37-22-24-10-8-23(9-11-24)21-33-16-18-34(19-17-33)31-32-28-6-3-4-7-29(28)38-31/h2-15,26H,16-22H2,1H3,(H,35,36). The fourth-order valence-corrected chi connectivity index (χ4v) is 5.80. The average Bonchev–Trinajstić information content (AvgIpc) is 3.37. The molecule has 1 aromatic heterocycles. The first-order valence-electron chi connectivity index (χ1n) is 13.1. The zero-order valence-corrected chi connectivity index (χ0v) is 22.4. The number of piperazine rings is 1. The predicted molar refractivity (Wildman–Crippen MR) is 154 cm³/mol. The van der Waals surface area contributed by atoms with E-state index >= 15 is 0 Å². The summed E-state index contributed by atoms with van der Waals surface area (Å²) in [6.07, 6.45) is 3.90. The first-order valence-corrected chi connectivity index (χ1v) is 13.9. The molecule has 1 saturated heterocycles. The molecule has 0 saturated carbocycles. The zero-order valence-electron chi connectivity index (χ0n) is 21.6. The van der Waals surface area contributed by atoms with Crippen LogP contribution in [0.3, 0.4) is 0 Å². The summed E-state index contributed by atoms with van der Waals surface area (Å²) in [5.74, 6) is -0.156. The van der Waals surface area contributed by atoms with Crippen LogP contribution < -0.4 is 9.64 Å². The molecule has 1 aliphatic heterocycles. The van der Waals surface area contributed by atoms with Gasteiger partial charge in [-0.15, -0.1) is 0 Å². The number of hydrogen-bond donors (Lipinski definition) is 1. The van der Waals surface area contributed by atoms with Crippen LogP contribution in [0.5, 0.6) is 5.75 Å². The third-order valence-corrected chi connectivity index (χ3v) is 7.98. The molecular weight excluding hydrogens is 494 g/mol. The van der Waals surface area contributed by atoms with E-state index in [0.717, 1.165) is 60.2 Å². The Morgan fingerprint density at radius 3 is 2.39 bits per heavy atom. The van der Waals surface area contributed by atoms with Gasteiger partial charge in [-0.05, 0) is 47.9 Å². The molecule has 0 bridgehead atoms. The molecule has 6 nitrogen and oxygen atoms in total. The van der Waals surface area contributed by atoms with E-state index < -0.39 is 5.97 Å². The molecule has 4 aromatic rings. The number of rotatable bonds is 10. The Bertz CT molecular complexity index is 1340. The summed E-state index contributed by atoms with van der Waals surface area (Å²) in [4.78, 5) is 20.9. The summed E-state index contributed by atoms with van der Waals surface area (Å²) in [6, 6.07) is 24.7. The summed E-state index contributed by atoms with van der Waals surface area (Å²) in [5.41, 5.74) is 4.49. The second-order valence-corrected chi connectivity index (χ2v) is 10.6. The number of ether oxygens (including phenoxy) is 1. The van der Waals surface area contributed by atoms with E-state index in [2.05, 4.69) is 52.3 Å². The number of carbonyl (C=O) groups is 1. The Morgan fingerprint density at radius 1 is 1.00 bits per heavy atom. The van der Waals surface area contributed by atoms with Crippen LogP contribution in [0, 0.1) is 0 Å². The maximum atomic E-state index is 11.1. The van der Waals surface area contributed by atoms with Gasteiger partial charge in [-0.1, -0.05) is 72.0 Å². The minimum absolute atomic E-state index is 0.0791. The average molecular weight is 528 g/mol. The molecule has 0 amide bonds. The molecule has 0 radical (unpaired) electrons. The number of fused-ring (bicyclic) bond motifs is 1. The second-order valence-electron chi connectivity index (χ2n) is 9.63. The zero-order chi connectivity index (χ0) is 26.3. The van der Waals surface area contributed by atoms with Crippen molar-refractivity contribution in [1.82, 2.24) is 9.88 Å². The third kappa shape index (κ3) is 6.60. The van der Waals surface area contributed by atoms with Gasteiger partial charge in [0.05, 0.1) is 16.6 Å². The van der Waals surface area contributed by atoms with Crippen molar-refractivity contribution < 1.29 is 14.6 Å². The van der Waals surface area contributed by atoms with E-state index in [1.54, 1.807) is 11.3 Å². The second kappa shape index (κ2) is 12.2. The van der Waals surface area contributed by atoms with Gasteiger partial charge in [0.2, 0.25) is 0 Å². The van der Waals surface area contributed by atoms with Crippen molar-refractivity contribution in [3.63, 3.8) is 0 Å². The quantitative estimate of drug-likeness (QED) is 0.243. The van der Waals surface area contributed by atoms with E-state index in [9.17, 15) is 4.79 Å². The predicted octanol–water partition coefficient (Wildman–Crippen LogP) is 6.33. The van der Waals surface area contributed by atoms with E-state index in [1.807, 2.05) is 49.4 Å². The smallest absolute Gasteiger partial charge is 0.304 e. The minimum Gasteiger partial charge on any atom is -0.489 e. The molecule has 1 aliphatic rings. The number of aromatic nitrogens is 1. The van der Waals surface area contributed by atoms with Crippen molar-refractivity contribution in [1.29, 1.82) is 0 Å². The van der Waals surface area contributed by atoms with E-state index in [4.69, 9.17) is 14.8 Å². The fourth-order valence-electron chi connectivity index (χ4n) is 4.79. The molecular formula is C31H33N3O3S. The number of benzene rings is 3. The van der Waals surface area contributed by atoms with Crippen LogP contribution >= 0.6 is 11.3 Å². The van der Waals surface area contributed by atoms with Gasteiger partial charge in [0.1, 0.15) is 12.4 Å². The van der Waals surface area contributed by atoms with Crippen molar-refractivity contribution in [2.75, 3.05) is 31.1 Å². The Kier molecular flexibility index (Phi) is 8.36. The molecule has 7 heteroatoms. The molecule has 5 rings (SSSR count). The van der Waals surface area contributed by atoms with Gasteiger partial charge >= 0.3 is 5.97 Å². The largest absolute Gasteiger partial charge is 0.489 e. The molecule has 0 aliphatic carbocycles. The highest BCUT2D eigenvalue weighted by Gasteiger charge is 2.20. The maximum Gasteiger partial charge on any atom is 0.304 e. The van der Waals surface area contributed by atoms with Crippen LogP contribution in [0.25, 0.3) is 10.2 Å². The van der Waals surface area contributed by atoms with Crippen molar-refractivity contribution >= 4 is 32.7 Å². The molecule has 1 N–H and O–H groups in total. The molecule has 2 heterocycles. The molecule has 1 unspecified atom stereocenters. The van der Waals surface area contributed by atoms with Crippen molar-refractivity contribution in [2.24, 2.45) is 0 Å². The normalized spacial score (nSPS) is 15.2. The number of allylic oxidation sites excluding steroid dienone is 2. The van der Waals surface area contributed by atoms with Gasteiger partial charge in [-0.25, -0.2) is 4.98 Å². The summed E-state index contributed by atoms with van der Waals surface area (Å²) in [5, 5.41) is 10.3. The number of aliphatic carboxylic acids is 1. The van der Waals surface area contributed by atoms with Crippen LogP contribution in [0.1, 0.15) is 36.0 Å². The molecule has 0 spiro atoms. The lowest BCUT2D eigenvalue weighted by atomic mass is 9.95. The van der Waals surface area contributed by atoms with Crippen LogP contribution in [0.4, 0.5) is 5.13 Å². The summed E-state index contributed by atoms with van der Waals surface area (Å²) >= 11 is 1.78.